The van der Waals surface area contributed by atoms with Crippen LogP contribution in [0, 0.1) is 5.92 Å². The number of benzene rings is 1. The van der Waals surface area contributed by atoms with E-state index in [-0.39, 0.29) is 23.2 Å². The average molecular weight is 304 g/mol. The van der Waals surface area contributed by atoms with E-state index >= 15 is 0 Å². The minimum Gasteiger partial charge on any atom is -0.366 e. The second-order valence-electron chi connectivity index (χ2n) is 5.82. The smallest absolute Gasteiger partial charge is 0.250 e. The van der Waals surface area contributed by atoms with Gasteiger partial charge in [-0.1, -0.05) is 13.8 Å². The predicted molar refractivity (Wildman–Crippen MR) is 81.6 cm³/mol. The number of hydrogen-bond donors (Lipinski definition) is 1. The first-order valence-corrected chi connectivity index (χ1v) is 7.24. The molecule has 1 aliphatic carbocycles. The molecule has 1 aliphatic rings. The van der Waals surface area contributed by atoms with Crippen molar-refractivity contribution >= 4 is 23.3 Å². The fourth-order valence-electron chi connectivity index (χ4n) is 2.40. The van der Waals surface area contributed by atoms with Gasteiger partial charge in [0.15, 0.2) is 5.78 Å². The van der Waals surface area contributed by atoms with Crippen LogP contribution < -0.4 is 10.8 Å². The number of carbonyl (C=O) groups is 3. The molecule has 6 heteroatoms. The molecule has 0 bridgehead atoms. The highest BCUT2D eigenvalue weighted by atomic mass is 16.7. The van der Waals surface area contributed by atoms with Crippen LogP contribution in [0.5, 0.6) is 0 Å². The van der Waals surface area contributed by atoms with Gasteiger partial charge < -0.3 is 5.73 Å². The standard InChI is InChI=1S/C16H20N2O4/c1-9(2)8-22-18(10(3)19)14-6-11-4-5-15(20)12(11)7-13(14)16(17)21/h6-7,9H,4-5,8H2,1-3H3,(H2,17,21). The summed E-state index contributed by atoms with van der Waals surface area (Å²) in [6, 6.07) is 3.12. The summed E-state index contributed by atoms with van der Waals surface area (Å²) in [6.45, 7) is 5.58. The van der Waals surface area contributed by atoms with Crippen LogP contribution in [0.3, 0.4) is 0 Å². The largest absolute Gasteiger partial charge is 0.366 e. The quantitative estimate of drug-likeness (QED) is 0.841. The second-order valence-corrected chi connectivity index (χ2v) is 5.82. The van der Waals surface area contributed by atoms with Crippen molar-refractivity contribution in [1.82, 2.24) is 0 Å². The first kappa shape index (κ1) is 16.2. The lowest BCUT2D eigenvalue weighted by Gasteiger charge is -2.24. The molecular formula is C16H20N2O4. The molecule has 2 rings (SSSR count). The van der Waals surface area contributed by atoms with E-state index in [0.717, 1.165) is 10.6 Å². The van der Waals surface area contributed by atoms with Crippen LogP contribution >= 0.6 is 0 Å². The van der Waals surface area contributed by atoms with E-state index < -0.39 is 5.91 Å². The molecular weight excluding hydrogens is 284 g/mol. The highest BCUT2D eigenvalue weighted by Crippen LogP contribution is 2.31. The predicted octanol–water partition coefficient (Wildman–Crippen LogP) is 1.85. The second kappa shape index (κ2) is 6.27. The zero-order valence-electron chi connectivity index (χ0n) is 13.0. The number of fused-ring (bicyclic) bond motifs is 1. The summed E-state index contributed by atoms with van der Waals surface area (Å²) in [6.07, 6.45) is 1.00. The van der Waals surface area contributed by atoms with Gasteiger partial charge in [-0.05, 0) is 30.0 Å². The highest BCUT2D eigenvalue weighted by molar-refractivity contribution is 6.08. The van der Waals surface area contributed by atoms with E-state index in [1.54, 1.807) is 6.07 Å². The molecule has 0 spiro atoms. The molecule has 22 heavy (non-hydrogen) atoms. The van der Waals surface area contributed by atoms with Crippen LogP contribution in [0.4, 0.5) is 5.69 Å². The van der Waals surface area contributed by atoms with Crippen molar-refractivity contribution in [1.29, 1.82) is 0 Å². The highest BCUT2D eigenvalue weighted by Gasteiger charge is 2.27. The average Bonchev–Trinajstić information content (AvgIpc) is 2.78. The lowest BCUT2D eigenvalue weighted by atomic mass is 10.0. The Morgan fingerprint density at radius 3 is 2.55 bits per heavy atom. The van der Waals surface area contributed by atoms with Crippen molar-refractivity contribution in [3.05, 3.63) is 28.8 Å². The van der Waals surface area contributed by atoms with E-state index in [4.69, 9.17) is 10.6 Å². The Kier molecular flexibility index (Phi) is 4.61. The van der Waals surface area contributed by atoms with Gasteiger partial charge in [-0.2, -0.15) is 5.06 Å². The van der Waals surface area contributed by atoms with E-state index in [1.165, 1.54) is 13.0 Å². The number of hydroxylamine groups is 1. The van der Waals surface area contributed by atoms with Gasteiger partial charge in [-0.25, -0.2) is 0 Å². The van der Waals surface area contributed by atoms with E-state index in [2.05, 4.69) is 0 Å². The van der Waals surface area contributed by atoms with Crippen molar-refractivity contribution in [2.45, 2.75) is 33.6 Å². The third-order valence-corrected chi connectivity index (χ3v) is 3.45. The van der Waals surface area contributed by atoms with Crippen molar-refractivity contribution in [2.75, 3.05) is 11.7 Å². The molecule has 0 aromatic heterocycles. The van der Waals surface area contributed by atoms with Gasteiger partial charge in [-0.15, -0.1) is 0 Å². The number of Topliss-reactive ketones (excluding diaryl/α,β-unsaturated/α-hetero) is 1. The maximum Gasteiger partial charge on any atom is 0.250 e. The summed E-state index contributed by atoms with van der Waals surface area (Å²) in [4.78, 5) is 40.9. The Morgan fingerprint density at radius 1 is 1.32 bits per heavy atom. The number of anilines is 1. The normalized spacial score (nSPS) is 13.4. The van der Waals surface area contributed by atoms with E-state index in [0.29, 0.717) is 30.7 Å². The Morgan fingerprint density at radius 2 is 2.00 bits per heavy atom. The monoisotopic (exact) mass is 304 g/mol. The summed E-state index contributed by atoms with van der Waals surface area (Å²) < 4.78 is 0. The third-order valence-electron chi connectivity index (χ3n) is 3.45. The molecule has 0 aliphatic heterocycles. The topological polar surface area (TPSA) is 89.7 Å². The van der Waals surface area contributed by atoms with Crippen molar-refractivity contribution in [3.63, 3.8) is 0 Å². The lowest BCUT2D eigenvalue weighted by molar-refractivity contribution is -0.124. The molecule has 118 valence electrons. The first-order chi connectivity index (χ1) is 10.3. The maximum absolute atomic E-state index is 11.9. The van der Waals surface area contributed by atoms with E-state index in [9.17, 15) is 14.4 Å². The van der Waals surface area contributed by atoms with Gasteiger partial charge in [0, 0.05) is 18.9 Å². The number of aryl methyl sites for hydroxylation is 1. The van der Waals surface area contributed by atoms with Crippen molar-refractivity contribution in [3.8, 4) is 0 Å². The fraction of sp³-hybridized carbons (Fsp3) is 0.438. The summed E-state index contributed by atoms with van der Waals surface area (Å²) in [5, 5.41) is 1.09. The van der Waals surface area contributed by atoms with Crippen LogP contribution in [0.25, 0.3) is 0 Å². The Hall–Kier alpha value is -2.21. The molecule has 2 N–H and O–H groups in total. The lowest BCUT2D eigenvalue weighted by Crippen LogP contribution is -2.32. The first-order valence-electron chi connectivity index (χ1n) is 7.24. The zero-order valence-corrected chi connectivity index (χ0v) is 13.0. The van der Waals surface area contributed by atoms with Gasteiger partial charge in [-0.3, -0.25) is 19.2 Å². The summed E-state index contributed by atoms with van der Waals surface area (Å²) >= 11 is 0. The minimum atomic E-state index is -0.697. The Labute approximate surface area is 129 Å². The minimum absolute atomic E-state index is 0.0125. The number of hydrogen-bond acceptors (Lipinski definition) is 4. The zero-order chi connectivity index (χ0) is 16.4. The molecule has 0 saturated heterocycles. The fourth-order valence-corrected chi connectivity index (χ4v) is 2.40. The van der Waals surface area contributed by atoms with Crippen LogP contribution in [0.1, 0.15) is 53.5 Å². The Bertz CT molecular complexity index is 637. The molecule has 1 aromatic rings. The van der Waals surface area contributed by atoms with Crippen LogP contribution in [-0.4, -0.2) is 24.2 Å². The number of carbonyl (C=O) groups excluding carboxylic acids is 3. The molecule has 0 fully saturated rings. The number of nitrogens with two attached hydrogens (primary N) is 1. The van der Waals surface area contributed by atoms with E-state index in [1.807, 2.05) is 13.8 Å². The Balaban J connectivity index is 2.49. The van der Waals surface area contributed by atoms with Gasteiger partial charge >= 0.3 is 0 Å². The van der Waals surface area contributed by atoms with Crippen molar-refractivity contribution < 1.29 is 19.2 Å². The van der Waals surface area contributed by atoms with Crippen LogP contribution in [-0.2, 0) is 16.1 Å². The molecule has 0 saturated carbocycles. The molecule has 1 aromatic carbocycles. The number of nitrogens with zero attached hydrogens (tertiary/aromatic N) is 1. The van der Waals surface area contributed by atoms with Gasteiger partial charge in [0.1, 0.15) is 0 Å². The van der Waals surface area contributed by atoms with Crippen molar-refractivity contribution in [2.24, 2.45) is 11.7 Å². The number of rotatable bonds is 5. The third kappa shape index (κ3) is 3.17. The summed E-state index contributed by atoms with van der Waals surface area (Å²) in [7, 11) is 0. The molecule has 6 nitrogen and oxygen atoms in total. The van der Waals surface area contributed by atoms with Crippen LogP contribution in [0.15, 0.2) is 12.1 Å². The van der Waals surface area contributed by atoms with Gasteiger partial charge in [0.2, 0.25) is 5.91 Å². The van der Waals surface area contributed by atoms with Crippen LogP contribution in [0.2, 0.25) is 0 Å². The number of primary amides is 1. The molecule has 0 atom stereocenters. The van der Waals surface area contributed by atoms with Gasteiger partial charge in [0.25, 0.3) is 5.91 Å². The summed E-state index contributed by atoms with van der Waals surface area (Å²) in [5.41, 5.74) is 7.14. The molecule has 0 unspecified atom stereocenters. The number of amides is 2. The SMILES string of the molecule is CC(=O)N(OCC(C)C)c1cc2c(cc1C(N)=O)C(=O)CC2. The molecule has 0 heterocycles. The summed E-state index contributed by atoms with van der Waals surface area (Å²) in [5.74, 6) is -0.847. The van der Waals surface area contributed by atoms with Gasteiger partial charge in [0.05, 0.1) is 17.9 Å². The molecule has 2 amide bonds. The number of ketones is 1. The maximum atomic E-state index is 11.9. The molecule has 0 radical (unpaired) electrons.